The van der Waals surface area contributed by atoms with Gasteiger partial charge in [-0.15, -0.1) is 12.4 Å². The van der Waals surface area contributed by atoms with Crippen LogP contribution in [0.4, 0.5) is 0 Å². The highest BCUT2D eigenvalue weighted by Crippen LogP contribution is 2.29. The first-order valence-electron chi connectivity index (χ1n) is 4.82. The van der Waals surface area contributed by atoms with Crippen LogP contribution in [0.15, 0.2) is 22.7 Å². The fourth-order valence-corrected chi connectivity index (χ4v) is 1.67. The number of benzene rings is 1. The number of hydrogen-bond donors (Lipinski definition) is 2. The number of nitrogens with one attached hydrogen (secondary N) is 1. The molecule has 0 aliphatic rings. The lowest BCUT2D eigenvalue weighted by Crippen LogP contribution is -2.15. The molecule has 1 aromatic carbocycles. The molecule has 0 aromatic heterocycles. The van der Waals surface area contributed by atoms with Gasteiger partial charge in [0.2, 0.25) is 5.90 Å². The quantitative estimate of drug-likeness (QED) is 0.661. The summed E-state index contributed by atoms with van der Waals surface area (Å²) >= 11 is 3.30. The van der Waals surface area contributed by atoms with Gasteiger partial charge in [0.15, 0.2) is 6.10 Å². The van der Waals surface area contributed by atoms with Gasteiger partial charge in [-0.05, 0) is 25.1 Å². The van der Waals surface area contributed by atoms with Crippen LogP contribution < -0.4 is 4.74 Å². The Morgan fingerprint density at radius 1 is 1.53 bits per heavy atom. The molecule has 0 fully saturated rings. The van der Waals surface area contributed by atoms with Crippen molar-refractivity contribution < 1.29 is 14.6 Å². The molecular formula is C11H15BrClNO3. The Hall–Kier alpha value is -0.780. The fraction of sp³-hybridized carbons (Fsp3) is 0.364. The van der Waals surface area contributed by atoms with Gasteiger partial charge in [0.25, 0.3) is 0 Å². The topological polar surface area (TPSA) is 62.5 Å². The van der Waals surface area contributed by atoms with Crippen molar-refractivity contribution in [2.24, 2.45) is 0 Å². The number of ether oxygens (including phenoxy) is 2. The second-order valence-electron chi connectivity index (χ2n) is 3.09. The van der Waals surface area contributed by atoms with Crippen LogP contribution in [0.1, 0.15) is 18.6 Å². The third-order valence-corrected chi connectivity index (χ3v) is 2.53. The zero-order chi connectivity index (χ0) is 12.1. The van der Waals surface area contributed by atoms with E-state index in [0.29, 0.717) is 17.9 Å². The van der Waals surface area contributed by atoms with E-state index >= 15 is 0 Å². The maximum Gasteiger partial charge on any atom is 0.215 e. The normalized spacial score (nSPS) is 11.3. The SMILES string of the molecule is CCOC(=N)C(O)c1cc(Br)ccc1OC.Cl. The van der Waals surface area contributed by atoms with Crippen LogP contribution in [0.3, 0.4) is 0 Å². The van der Waals surface area contributed by atoms with Crippen molar-refractivity contribution in [3.05, 3.63) is 28.2 Å². The first-order valence-corrected chi connectivity index (χ1v) is 5.62. The van der Waals surface area contributed by atoms with E-state index < -0.39 is 6.10 Å². The van der Waals surface area contributed by atoms with Crippen molar-refractivity contribution in [3.63, 3.8) is 0 Å². The largest absolute Gasteiger partial charge is 0.496 e. The van der Waals surface area contributed by atoms with E-state index in [1.807, 2.05) is 0 Å². The Bertz CT molecular complexity index is 387. The van der Waals surface area contributed by atoms with Crippen LogP contribution >= 0.6 is 28.3 Å². The van der Waals surface area contributed by atoms with Gasteiger partial charge in [0.05, 0.1) is 13.7 Å². The van der Waals surface area contributed by atoms with Gasteiger partial charge in [-0.3, -0.25) is 5.41 Å². The van der Waals surface area contributed by atoms with Gasteiger partial charge < -0.3 is 14.6 Å². The molecule has 96 valence electrons. The molecule has 0 saturated carbocycles. The molecule has 0 heterocycles. The molecule has 6 heteroatoms. The first-order chi connectivity index (χ1) is 7.60. The minimum atomic E-state index is -1.10. The molecule has 0 aliphatic heterocycles. The molecule has 0 aliphatic carbocycles. The van der Waals surface area contributed by atoms with Crippen LogP contribution in [0.5, 0.6) is 5.75 Å². The zero-order valence-corrected chi connectivity index (χ0v) is 12.0. The maximum atomic E-state index is 9.91. The lowest BCUT2D eigenvalue weighted by Gasteiger charge is -2.15. The van der Waals surface area contributed by atoms with Gasteiger partial charge in [0.1, 0.15) is 5.75 Å². The van der Waals surface area contributed by atoms with Gasteiger partial charge in [-0.2, -0.15) is 0 Å². The number of halogens is 2. The molecule has 1 atom stereocenters. The highest BCUT2D eigenvalue weighted by Gasteiger charge is 2.19. The van der Waals surface area contributed by atoms with Crippen LogP contribution in [0, 0.1) is 5.41 Å². The van der Waals surface area contributed by atoms with Gasteiger partial charge in [-0.25, -0.2) is 0 Å². The first kappa shape index (κ1) is 16.2. The minimum Gasteiger partial charge on any atom is -0.496 e. The van der Waals surface area contributed by atoms with Crippen LogP contribution in [0.25, 0.3) is 0 Å². The van der Waals surface area contributed by atoms with Crippen molar-refractivity contribution in [3.8, 4) is 5.75 Å². The summed E-state index contributed by atoms with van der Waals surface area (Å²) in [6.07, 6.45) is -1.10. The molecule has 17 heavy (non-hydrogen) atoms. The molecule has 0 spiro atoms. The summed E-state index contributed by atoms with van der Waals surface area (Å²) in [5, 5.41) is 17.4. The number of rotatable bonds is 4. The number of aliphatic hydroxyl groups excluding tert-OH is 1. The Morgan fingerprint density at radius 3 is 2.71 bits per heavy atom. The summed E-state index contributed by atoms with van der Waals surface area (Å²) in [5.41, 5.74) is 0.510. The second kappa shape index (κ2) is 7.53. The highest BCUT2D eigenvalue weighted by molar-refractivity contribution is 9.10. The van der Waals surface area contributed by atoms with Crippen LogP contribution in [-0.4, -0.2) is 24.7 Å². The second-order valence-corrected chi connectivity index (χ2v) is 4.00. The van der Waals surface area contributed by atoms with Crippen molar-refractivity contribution in [1.29, 1.82) is 5.41 Å². The summed E-state index contributed by atoms with van der Waals surface area (Å²) in [5.74, 6) is 0.346. The third-order valence-electron chi connectivity index (χ3n) is 2.03. The van der Waals surface area contributed by atoms with Crippen molar-refractivity contribution in [2.75, 3.05) is 13.7 Å². The monoisotopic (exact) mass is 323 g/mol. The summed E-state index contributed by atoms with van der Waals surface area (Å²) in [7, 11) is 1.52. The molecule has 1 unspecified atom stereocenters. The Balaban J connectivity index is 0.00000256. The number of aliphatic hydroxyl groups is 1. The summed E-state index contributed by atoms with van der Waals surface area (Å²) in [4.78, 5) is 0. The van der Waals surface area contributed by atoms with Gasteiger partial charge >= 0.3 is 0 Å². The smallest absolute Gasteiger partial charge is 0.215 e. The van der Waals surface area contributed by atoms with E-state index in [4.69, 9.17) is 14.9 Å². The third kappa shape index (κ3) is 4.18. The molecule has 0 saturated heterocycles. The van der Waals surface area contributed by atoms with Gasteiger partial charge in [-0.1, -0.05) is 15.9 Å². The molecule has 0 radical (unpaired) electrons. The fourth-order valence-electron chi connectivity index (χ4n) is 1.29. The number of methoxy groups -OCH3 is 1. The van der Waals surface area contributed by atoms with Gasteiger partial charge in [0, 0.05) is 10.0 Å². The van der Waals surface area contributed by atoms with E-state index in [1.54, 1.807) is 25.1 Å². The predicted octanol–water partition coefficient (Wildman–Crippen LogP) is 2.93. The minimum absolute atomic E-state index is 0. The number of hydrogen-bond acceptors (Lipinski definition) is 4. The van der Waals surface area contributed by atoms with E-state index in [2.05, 4.69) is 15.9 Å². The Labute approximate surface area is 115 Å². The van der Waals surface area contributed by atoms with Crippen molar-refractivity contribution in [2.45, 2.75) is 13.0 Å². The molecule has 4 nitrogen and oxygen atoms in total. The van der Waals surface area contributed by atoms with Crippen molar-refractivity contribution >= 4 is 34.2 Å². The molecule has 0 amide bonds. The van der Waals surface area contributed by atoms with Crippen molar-refractivity contribution in [1.82, 2.24) is 0 Å². The van der Waals surface area contributed by atoms with Crippen LogP contribution in [0.2, 0.25) is 0 Å². The predicted molar refractivity (Wildman–Crippen MR) is 72.3 cm³/mol. The molecule has 2 N–H and O–H groups in total. The Kier molecular flexibility index (Phi) is 7.18. The van der Waals surface area contributed by atoms with E-state index in [-0.39, 0.29) is 18.3 Å². The van der Waals surface area contributed by atoms with E-state index in [1.165, 1.54) is 7.11 Å². The molecule has 1 rings (SSSR count). The summed E-state index contributed by atoms with van der Waals surface area (Å²) in [6.45, 7) is 2.12. The van der Waals surface area contributed by atoms with Crippen LogP contribution in [-0.2, 0) is 4.74 Å². The highest BCUT2D eigenvalue weighted by atomic mass is 79.9. The van der Waals surface area contributed by atoms with E-state index in [9.17, 15) is 5.11 Å². The average Bonchev–Trinajstić information content (AvgIpc) is 2.28. The maximum absolute atomic E-state index is 9.91. The zero-order valence-electron chi connectivity index (χ0n) is 9.57. The lowest BCUT2D eigenvalue weighted by atomic mass is 10.1. The molecule has 1 aromatic rings. The summed E-state index contributed by atoms with van der Waals surface area (Å²) < 4.78 is 10.9. The standard InChI is InChI=1S/C11H14BrNO3.ClH/c1-3-16-11(13)10(14)8-6-7(12)4-5-9(8)15-2;/h4-6,10,13-14H,3H2,1-2H3;1H. The summed E-state index contributed by atoms with van der Waals surface area (Å²) in [6, 6.07) is 5.23. The lowest BCUT2D eigenvalue weighted by molar-refractivity contribution is 0.187. The molecule has 0 bridgehead atoms. The van der Waals surface area contributed by atoms with E-state index in [0.717, 1.165) is 4.47 Å². The molecular weight excluding hydrogens is 309 g/mol. The average molecular weight is 325 g/mol. The Morgan fingerprint density at radius 2 is 2.18 bits per heavy atom.